The molecule has 2 aliphatic rings. The monoisotopic (exact) mass is 227 g/mol. The summed E-state index contributed by atoms with van der Waals surface area (Å²) < 4.78 is 0. The lowest BCUT2D eigenvalue weighted by Gasteiger charge is -2.29. The lowest BCUT2D eigenvalue weighted by molar-refractivity contribution is 0.207. The van der Waals surface area contributed by atoms with Gasteiger partial charge in [0.2, 0.25) is 0 Å². The zero-order valence-electron chi connectivity index (χ0n) is 10.9. The molecule has 0 aromatic rings. The van der Waals surface area contributed by atoms with Gasteiger partial charge in [0.1, 0.15) is 0 Å². The second-order valence-corrected chi connectivity index (χ2v) is 4.99. The Bertz CT molecular complexity index is 147. The first-order chi connectivity index (χ1) is 7.86. The number of rotatable bonds is 3. The van der Waals surface area contributed by atoms with Crippen molar-refractivity contribution in [1.29, 1.82) is 0 Å². The predicted octanol–water partition coefficient (Wildman–Crippen LogP) is 1.44. The second-order valence-electron chi connectivity index (χ2n) is 4.99. The molecule has 0 aromatic heterocycles. The van der Waals surface area contributed by atoms with Crippen LogP contribution >= 0.6 is 0 Å². The highest BCUT2D eigenvalue weighted by Gasteiger charge is 2.19. The highest BCUT2D eigenvalue weighted by Crippen LogP contribution is 2.25. The Labute approximate surface area is 101 Å². The fourth-order valence-electron chi connectivity index (χ4n) is 2.45. The van der Waals surface area contributed by atoms with Crippen molar-refractivity contribution in [2.75, 3.05) is 39.3 Å². The third-order valence-electron chi connectivity index (χ3n) is 3.49. The van der Waals surface area contributed by atoms with Crippen LogP contribution in [0.3, 0.4) is 0 Å². The second kappa shape index (κ2) is 8.97. The molecule has 0 radical (unpaired) electrons. The van der Waals surface area contributed by atoms with E-state index in [-0.39, 0.29) is 0 Å². The zero-order chi connectivity index (χ0) is 11.6. The van der Waals surface area contributed by atoms with Crippen molar-refractivity contribution in [2.24, 2.45) is 11.7 Å². The van der Waals surface area contributed by atoms with Crippen molar-refractivity contribution in [3.05, 3.63) is 0 Å². The summed E-state index contributed by atoms with van der Waals surface area (Å²) in [5, 5.41) is 3.40. The van der Waals surface area contributed by atoms with Gasteiger partial charge in [0.05, 0.1) is 0 Å². The van der Waals surface area contributed by atoms with Gasteiger partial charge in [0.15, 0.2) is 0 Å². The van der Waals surface area contributed by atoms with Gasteiger partial charge in [-0.2, -0.15) is 0 Å². The Kier molecular flexibility index (Phi) is 7.81. The Balaban J connectivity index is 0.000000280. The summed E-state index contributed by atoms with van der Waals surface area (Å²) in [4.78, 5) is 2.63. The average Bonchev–Trinajstić information content (AvgIpc) is 2.84. The molecule has 0 bridgehead atoms. The molecular weight excluding hydrogens is 198 g/mol. The van der Waals surface area contributed by atoms with Crippen LogP contribution in [0.2, 0.25) is 0 Å². The van der Waals surface area contributed by atoms with Crippen molar-refractivity contribution in [1.82, 2.24) is 10.2 Å². The highest BCUT2D eigenvalue weighted by atomic mass is 15.2. The number of nitrogens with two attached hydrogens (primary N) is 1. The Hall–Kier alpha value is -0.120. The van der Waals surface area contributed by atoms with Crippen LogP contribution in [0.25, 0.3) is 0 Å². The summed E-state index contributed by atoms with van der Waals surface area (Å²) in [5.41, 5.74) is 5.03. The standard InChI is InChI=1S/C10H20N2.C3H9N/c1-2-4-10(3-1)9-12-7-5-11-6-8-12;1-2-3-4/h10-11H,1-9H2;2-4H2,1H3. The molecule has 0 amide bonds. The average molecular weight is 227 g/mol. The number of nitrogens with zero attached hydrogens (tertiary/aromatic N) is 1. The molecule has 0 unspecified atom stereocenters. The first-order valence-electron chi connectivity index (χ1n) is 7.00. The molecule has 2 rings (SSSR count). The molecule has 1 heterocycles. The fourth-order valence-corrected chi connectivity index (χ4v) is 2.45. The Morgan fingerprint density at radius 1 is 1.19 bits per heavy atom. The van der Waals surface area contributed by atoms with Crippen molar-refractivity contribution in [3.63, 3.8) is 0 Å². The molecule has 0 spiro atoms. The maximum atomic E-state index is 5.03. The summed E-state index contributed by atoms with van der Waals surface area (Å²) in [5.74, 6) is 1.03. The Morgan fingerprint density at radius 2 is 1.75 bits per heavy atom. The van der Waals surface area contributed by atoms with Gasteiger partial charge in [-0.15, -0.1) is 0 Å². The molecule has 3 heteroatoms. The van der Waals surface area contributed by atoms with Gasteiger partial charge in [0.25, 0.3) is 0 Å². The minimum atomic E-state index is 0.819. The van der Waals surface area contributed by atoms with Crippen LogP contribution in [0.1, 0.15) is 39.0 Å². The first kappa shape index (κ1) is 13.9. The van der Waals surface area contributed by atoms with Crippen molar-refractivity contribution in [3.8, 4) is 0 Å². The molecule has 1 saturated carbocycles. The lowest BCUT2D eigenvalue weighted by Crippen LogP contribution is -2.45. The summed E-state index contributed by atoms with van der Waals surface area (Å²) in [6.07, 6.45) is 7.04. The fraction of sp³-hybridized carbons (Fsp3) is 1.00. The molecule has 0 atom stereocenters. The lowest BCUT2D eigenvalue weighted by atomic mass is 10.1. The van der Waals surface area contributed by atoms with E-state index in [1.807, 2.05) is 0 Å². The maximum absolute atomic E-state index is 5.03. The topological polar surface area (TPSA) is 41.3 Å². The van der Waals surface area contributed by atoms with E-state index in [4.69, 9.17) is 5.73 Å². The van der Waals surface area contributed by atoms with Gasteiger partial charge in [-0.1, -0.05) is 19.8 Å². The van der Waals surface area contributed by atoms with Gasteiger partial charge < -0.3 is 16.0 Å². The quantitative estimate of drug-likeness (QED) is 0.766. The largest absolute Gasteiger partial charge is 0.330 e. The smallest absolute Gasteiger partial charge is 0.0107 e. The van der Waals surface area contributed by atoms with E-state index in [1.165, 1.54) is 58.4 Å². The molecule has 3 nitrogen and oxygen atoms in total. The molecular formula is C13H29N3. The van der Waals surface area contributed by atoms with E-state index < -0.39 is 0 Å². The third-order valence-corrected chi connectivity index (χ3v) is 3.49. The van der Waals surface area contributed by atoms with Crippen LogP contribution in [0, 0.1) is 5.92 Å². The van der Waals surface area contributed by atoms with E-state index in [0.29, 0.717) is 0 Å². The van der Waals surface area contributed by atoms with Crippen molar-refractivity contribution in [2.45, 2.75) is 39.0 Å². The van der Waals surface area contributed by atoms with Gasteiger partial charge >= 0.3 is 0 Å². The number of nitrogens with one attached hydrogen (secondary N) is 1. The van der Waals surface area contributed by atoms with Crippen LogP contribution in [0.5, 0.6) is 0 Å². The molecule has 0 aromatic carbocycles. The molecule has 1 saturated heterocycles. The molecule has 1 aliphatic heterocycles. The van der Waals surface area contributed by atoms with Crippen LogP contribution in [0.4, 0.5) is 0 Å². The minimum Gasteiger partial charge on any atom is -0.330 e. The van der Waals surface area contributed by atoms with Crippen molar-refractivity contribution >= 4 is 0 Å². The van der Waals surface area contributed by atoms with E-state index in [2.05, 4.69) is 17.1 Å². The Morgan fingerprint density at radius 3 is 2.25 bits per heavy atom. The number of hydrogen-bond acceptors (Lipinski definition) is 3. The normalized spacial score (nSPS) is 22.9. The van der Waals surface area contributed by atoms with Crippen LogP contribution in [-0.4, -0.2) is 44.2 Å². The summed E-state index contributed by atoms with van der Waals surface area (Å²) in [6, 6.07) is 0. The van der Waals surface area contributed by atoms with Crippen LogP contribution in [-0.2, 0) is 0 Å². The highest BCUT2D eigenvalue weighted by molar-refractivity contribution is 4.74. The van der Waals surface area contributed by atoms with Gasteiger partial charge in [-0.3, -0.25) is 0 Å². The summed E-state index contributed by atoms with van der Waals surface area (Å²) in [6.45, 7) is 9.20. The van der Waals surface area contributed by atoms with Crippen molar-refractivity contribution < 1.29 is 0 Å². The van der Waals surface area contributed by atoms with Crippen LogP contribution in [0.15, 0.2) is 0 Å². The maximum Gasteiger partial charge on any atom is 0.0107 e. The van der Waals surface area contributed by atoms with E-state index in [9.17, 15) is 0 Å². The third kappa shape index (κ3) is 5.83. The molecule has 16 heavy (non-hydrogen) atoms. The van der Waals surface area contributed by atoms with E-state index >= 15 is 0 Å². The number of hydrogen-bond donors (Lipinski definition) is 2. The van der Waals surface area contributed by atoms with Gasteiger partial charge in [0, 0.05) is 32.7 Å². The molecule has 1 aliphatic carbocycles. The van der Waals surface area contributed by atoms with Crippen LogP contribution < -0.4 is 11.1 Å². The summed E-state index contributed by atoms with van der Waals surface area (Å²) >= 11 is 0. The zero-order valence-corrected chi connectivity index (χ0v) is 10.9. The molecule has 96 valence electrons. The van der Waals surface area contributed by atoms with E-state index in [1.54, 1.807) is 0 Å². The summed E-state index contributed by atoms with van der Waals surface area (Å²) in [7, 11) is 0. The van der Waals surface area contributed by atoms with E-state index in [0.717, 1.165) is 18.9 Å². The molecule has 2 fully saturated rings. The van der Waals surface area contributed by atoms with Gasteiger partial charge in [-0.05, 0) is 31.7 Å². The number of piperazine rings is 1. The molecule has 3 N–H and O–H groups in total. The predicted molar refractivity (Wildman–Crippen MR) is 70.6 cm³/mol. The SMILES string of the molecule is C1CCC(CN2CCNCC2)C1.CCCN. The minimum absolute atomic E-state index is 0.819. The van der Waals surface area contributed by atoms with Gasteiger partial charge in [-0.25, -0.2) is 0 Å². The first-order valence-corrected chi connectivity index (χ1v) is 7.00.